The molecule has 3 atom stereocenters. The number of hydrogen-bond donors (Lipinski definition) is 0. The molecule has 12 heteroatoms. The number of anilines is 2. The Labute approximate surface area is 240 Å². The Balaban J connectivity index is 1.38. The van der Waals surface area contributed by atoms with Gasteiger partial charge in [0.1, 0.15) is 16.6 Å². The van der Waals surface area contributed by atoms with Gasteiger partial charge in [-0.25, -0.2) is 9.96 Å². The number of nitro groups is 1. The number of aryl methyl sites for hydroxylation is 1. The number of rotatable bonds is 7. The molecule has 0 spiro atoms. The summed E-state index contributed by atoms with van der Waals surface area (Å²) in [4.78, 5) is 45.6. The molecule has 0 radical (unpaired) electrons. The number of amides is 2. The van der Waals surface area contributed by atoms with E-state index in [0.717, 1.165) is 10.5 Å². The van der Waals surface area contributed by atoms with E-state index in [1.807, 2.05) is 0 Å². The van der Waals surface area contributed by atoms with Crippen LogP contribution in [0.4, 0.5) is 17.1 Å². The van der Waals surface area contributed by atoms with Crippen molar-refractivity contribution >= 4 is 39.0 Å². The number of non-ortho nitro benzene ring substituents is 1. The lowest BCUT2D eigenvalue weighted by Crippen LogP contribution is -2.37. The third-order valence-electron chi connectivity index (χ3n) is 7.23. The quantitative estimate of drug-likeness (QED) is 0.131. The summed E-state index contributed by atoms with van der Waals surface area (Å²) in [6.45, 7) is 1.79. The molecule has 0 aliphatic carbocycles. The topological polar surface area (TPSA) is 136 Å². The molecule has 2 saturated heterocycles. The molecule has 42 heavy (non-hydrogen) atoms. The summed E-state index contributed by atoms with van der Waals surface area (Å²) in [5.41, 5.74) is 1.76. The average molecular weight is 586 g/mol. The Kier molecular flexibility index (Phi) is 6.71. The maximum Gasteiger partial charge on any atom is 0.339 e. The van der Waals surface area contributed by atoms with Gasteiger partial charge in [-0.2, -0.15) is 8.42 Å². The smallest absolute Gasteiger partial charge is 0.339 e. The number of carbonyl (C=O) groups is 2. The van der Waals surface area contributed by atoms with Gasteiger partial charge in [0.05, 0.1) is 22.3 Å². The van der Waals surface area contributed by atoms with E-state index >= 15 is 0 Å². The predicted molar refractivity (Wildman–Crippen MR) is 151 cm³/mol. The minimum absolute atomic E-state index is 0.00989. The van der Waals surface area contributed by atoms with Gasteiger partial charge in [0.25, 0.3) is 11.6 Å². The molecular formula is C30H23N3O8S. The molecule has 2 fully saturated rings. The van der Waals surface area contributed by atoms with E-state index in [9.17, 15) is 28.1 Å². The van der Waals surface area contributed by atoms with Crippen molar-refractivity contribution in [3.05, 3.63) is 124 Å². The average Bonchev–Trinajstić information content (AvgIpc) is 3.50. The molecule has 212 valence electrons. The van der Waals surface area contributed by atoms with Crippen LogP contribution in [0.1, 0.15) is 17.2 Å². The van der Waals surface area contributed by atoms with Gasteiger partial charge in [0, 0.05) is 12.1 Å². The van der Waals surface area contributed by atoms with Crippen LogP contribution in [0.15, 0.2) is 108 Å². The fourth-order valence-corrected chi connectivity index (χ4v) is 6.21. The fourth-order valence-electron chi connectivity index (χ4n) is 5.26. The van der Waals surface area contributed by atoms with Crippen molar-refractivity contribution in [3.8, 4) is 5.75 Å². The third kappa shape index (κ3) is 4.66. The van der Waals surface area contributed by atoms with Crippen molar-refractivity contribution in [1.29, 1.82) is 0 Å². The second-order valence-electron chi connectivity index (χ2n) is 9.82. The summed E-state index contributed by atoms with van der Waals surface area (Å²) in [6, 6.07) is 25.5. The molecule has 0 saturated carbocycles. The van der Waals surface area contributed by atoms with E-state index in [-0.39, 0.29) is 22.0 Å². The zero-order chi connectivity index (χ0) is 29.6. The molecule has 0 bridgehead atoms. The highest BCUT2D eigenvalue weighted by Gasteiger charge is 2.60. The molecule has 4 aromatic rings. The first-order valence-corrected chi connectivity index (χ1v) is 14.3. The van der Waals surface area contributed by atoms with Crippen molar-refractivity contribution in [2.75, 3.05) is 9.96 Å². The van der Waals surface area contributed by atoms with Crippen LogP contribution < -0.4 is 14.1 Å². The van der Waals surface area contributed by atoms with Gasteiger partial charge in [-0.05, 0) is 54.4 Å². The zero-order valence-electron chi connectivity index (χ0n) is 22.1. The number of fused-ring (bicyclic) bond motifs is 1. The number of hydrogen-bond acceptors (Lipinski definition) is 9. The summed E-state index contributed by atoms with van der Waals surface area (Å²) in [5.74, 6) is -1.98. The van der Waals surface area contributed by atoms with E-state index in [1.54, 1.807) is 67.6 Å². The van der Waals surface area contributed by atoms with Gasteiger partial charge in [0.2, 0.25) is 5.91 Å². The van der Waals surface area contributed by atoms with E-state index in [0.29, 0.717) is 11.3 Å². The van der Waals surface area contributed by atoms with Gasteiger partial charge in [0.15, 0.2) is 6.10 Å². The van der Waals surface area contributed by atoms with E-state index in [1.165, 1.54) is 47.5 Å². The van der Waals surface area contributed by atoms with Crippen molar-refractivity contribution in [2.24, 2.45) is 5.92 Å². The lowest BCUT2D eigenvalue weighted by molar-refractivity contribution is -0.384. The second-order valence-corrected chi connectivity index (χ2v) is 11.4. The molecule has 0 unspecified atom stereocenters. The number of hydroxylamine groups is 1. The fraction of sp³-hybridized carbons (Fsp3) is 0.133. The number of nitrogens with zero attached hydrogens (tertiary/aromatic N) is 3. The van der Waals surface area contributed by atoms with Crippen molar-refractivity contribution < 1.29 is 32.0 Å². The Morgan fingerprint density at radius 2 is 1.55 bits per heavy atom. The zero-order valence-corrected chi connectivity index (χ0v) is 22.9. The Bertz CT molecular complexity index is 1810. The summed E-state index contributed by atoms with van der Waals surface area (Å²) < 4.78 is 30.7. The Morgan fingerprint density at radius 1 is 0.857 bits per heavy atom. The van der Waals surface area contributed by atoms with Crippen LogP contribution in [-0.2, 0) is 24.5 Å². The number of benzene rings is 4. The highest BCUT2D eigenvalue weighted by Crippen LogP contribution is 2.48. The first-order valence-electron chi connectivity index (χ1n) is 12.9. The summed E-state index contributed by atoms with van der Waals surface area (Å²) in [5, 5.41) is 12.8. The van der Waals surface area contributed by atoms with Crippen molar-refractivity contribution in [3.63, 3.8) is 0 Å². The van der Waals surface area contributed by atoms with Gasteiger partial charge in [-0.3, -0.25) is 24.5 Å². The van der Waals surface area contributed by atoms with Gasteiger partial charge >= 0.3 is 10.1 Å². The molecule has 6 rings (SSSR count). The summed E-state index contributed by atoms with van der Waals surface area (Å²) in [7, 11) is -4.09. The molecule has 2 aliphatic heterocycles. The predicted octanol–water partition coefficient (Wildman–Crippen LogP) is 4.72. The molecule has 11 nitrogen and oxygen atoms in total. The maximum absolute atomic E-state index is 13.9. The van der Waals surface area contributed by atoms with Crippen LogP contribution in [0.2, 0.25) is 0 Å². The SMILES string of the molecule is Cc1ccccc1N1C(=O)[C@@H]2[C@H](ON(c3cccc([N+](=O)[O-])c3)[C@@H]2c2ccc(OS(=O)(=O)c3ccccc3)cc2)C1=O. The molecule has 2 heterocycles. The third-order valence-corrected chi connectivity index (χ3v) is 8.49. The highest BCUT2D eigenvalue weighted by atomic mass is 32.2. The first kappa shape index (κ1) is 27.1. The highest BCUT2D eigenvalue weighted by molar-refractivity contribution is 7.87. The number of para-hydroxylation sites is 1. The van der Waals surface area contributed by atoms with Gasteiger partial charge in [-0.1, -0.05) is 54.6 Å². The van der Waals surface area contributed by atoms with E-state index in [2.05, 4.69) is 0 Å². The summed E-state index contributed by atoms with van der Waals surface area (Å²) in [6.07, 6.45) is -1.18. The lowest BCUT2D eigenvalue weighted by Gasteiger charge is -2.29. The number of carbonyl (C=O) groups excluding carboxylic acids is 2. The van der Waals surface area contributed by atoms with Crippen LogP contribution in [0.5, 0.6) is 5.75 Å². The Hall–Kier alpha value is -5.07. The largest absolute Gasteiger partial charge is 0.379 e. The van der Waals surface area contributed by atoms with E-state index in [4.69, 9.17) is 9.02 Å². The molecule has 0 N–H and O–H groups in total. The molecule has 2 aliphatic rings. The number of nitro benzene ring substituents is 1. The van der Waals surface area contributed by atoms with Crippen LogP contribution in [0.3, 0.4) is 0 Å². The van der Waals surface area contributed by atoms with Crippen molar-refractivity contribution in [2.45, 2.75) is 24.0 Å². The standard InChI is InChI=1S/C30H23N3O8S/c1-19-8-5-6-13-25(19)31-29(34)26-27(32(40-28(26)30(31)35)21-9-7-10-22(18-21)33(36)37)20-14-16-23(17-15-20)41-42(38,39)24-11-3-2-4-12-24/h2-18,26-28H,1H3/t26-,27+,28-/m0/s1. The molecular weight excluding hydrogens is 562 g/mol. The lowest BCUT2D eigenvalue weighted by atomic mass is 9.90. The molecule has 4 aromatic carbocycles. The normalized spacial score (nSPS) is 20.1. The minimum atomic E-state index is -4.09. The molecule has 2 amide bonds. The summed E-state index contributed by atoms with van der Waals surface area (Å²) >= 11 is 0. The van der Waals surface area contributed by atoms with Crippen LogP contribution in [0, 0.1) is 23.0 Å². The van der Waals surface area contributed by atoms with Gasteiger partial charge < -0.3 is 4.18 Å². The maximum atomic E-state index is 13.9. The Morgan fingerprint density at radius 3 is 2.24 bits per heavy atom. The minimum Gasteiger partial charge on any atom is -0.379 e. The van der Waals surface area contributed by atoms with Gasteiger partial charge in [-0.15, -0.1) is 0 Å². The van der Waals surface area contributed by atoms with E-state index < -0.39 is 44.9 Å². The van der Waals surface area contributed by atoms with Crippen molar-refractivity contribution in [1.82, 2.24) is 0 Å². The molecule has 0 aromatic heterocycles. The van der Waals surface area contributed by atoms with Crippen LogP contribution in [-0.4, -0.2) is 31.3 Å². The first-order chi connectivity index (χ1) is 20.2. The monoisotopic (exact) mass is 585 g/mol. The van der Waals surface area contributed by atoms with Crippen LogP contribution >= 0.6 is 0 Å². The van der Waals surface area contributed by atoms with Crippen LogP contribution in [0.25, 0.3) is 0 Å². The second kappa shape index (κ2) is 10.4. The number of imide groups is 1.